The van der Waals surface area contributed by atoms with E-state index in [9.17, 15) is 34.2 Å². The lowest BCUT2D eigenvalue weighted by Crippen LogP contribution is -2.61. The largest absolute Gasteiger partial charge is 0.460 e. The summed E-state index contributed by atoms with van der Waals surface area (Å²) in [5.41, 5.74) is 1.26. The number of aliphatic hydroxyl groups is 2. The van der Waals surface area contributed by atoms with Crippen LogP contribution in [0.3, 0.4) is 0 Å². The van der Waals surface area contributed by atoms with Crippen molar-refractivity contribution in [2.24, 2.45) is 35.5 Å². The van der Waals surface area contributed by atoms with E-state index in [2.05, 4.69) is 22.6 Å². The first-order valence-corrected chi connectivity index (χ1v) is 28.1. The van der Waals surface area contributed by atoms with Crippen LogP contribution in [0.4, 0.5) is 0 Å². The predicted octanol–water partition coefficient (Wildman–Crippen LogP) is 8.05. The number of allylic oxidation sites excluding steroid dienone is 6. The summed E-state index contributed by atoms with van der Waals surface area (Å²) in [6, 6.07) is -1.14. The number of esters is 1. The zero-order valence-corrected chi connectivity index (χ0v) is 47.1. The van der Waals surface area contributed by atoms with Crippen molar-refractivity contribution in [3.05, 3.63) is 47.6 Å². The molecule has 1 aliphatic carbocycles. The fourth-order valence-corrected chi connectivity index (χ4v) is 11.1. The highest BCUT2D eigenvalue weighted by Crippen LogP contribution is 2.38. The number of Topliss-reactive ketones (excluding diaryl/α,β-unsaturated/α-hetero) is 3. The number of alkyl halides is 1. The second-order valence-corrected chi connectivity index (χ2v) is 22.2. The average molecular weight is 1130 g/mol. The minimum atomic E-state index is -2.45. The number of cyclic esters (lactones) is 1. The normalized spacial score (nSPS) is 37.7. The number of ketones is 3. The van der Waals surface area contributed by atoms with E-state index in [0.717, 1.165) is 35.7 Å². The number of piperidine rings is 1. The maximum absolute atomic E-state index is 14.6. The van der Waals surface area contributed by atoms with Crippen molar-refractivity contribution in [3.8, 4) is 0 Å². The Morgan fingerprint density at radius 2 is 1.60 bits per heavy atom. The molecule has 15 atom stereocenters. The molecule has 2 bridgehead atoms. The minimum Gasteiger partial charge on any atom is -0.460 e. The molecule has 0 radical (unpaired) electrons. The van der Waals surface area contributed by atoms with Gasteiger partial charge in [-0.05, 0) is 113 Å². The molecule has 3 aliphatic heterocycles. The topological polar surface area (TPSA) is 194 Å². The molecule has 1 saturated carbocycles. The predicted molar refractivity (Wildman–Crippen MR) is 283 cm³/mol. The van der Waals surface area contributed by atoms with Crippen molar-refractivity contribution >= 4 is 51.8 Å². The summed E-state index contributed by atoms with van der Waals surface area (Å²) in [4.78, 5) is 72.7. The van der Waals surface area contributed by atoms with Crippen LogP contribution in [0.5, 0.6) is 0 Å². The Hall–Kier alpha value is -2.68. The van der Waals surface area contributed by atoms with Crippen LogP contribution in [-0.4, -0.2) is 151 Å². The highest BCUT2D eigenvalue weighted by molar-refractivity contribution is 14.1. The summed E-state index contributed by atoms with van der Waals surface area (Å²) in [5, 5.41) is 23.6. The van der Waals surface area contributed by atoms with Crippen LogP contribution >= 0.6 is 22.6 Å². The van der Waals surface area contributed by atoms with Gasteiger partial charge >= 0.3 is 5.97 Å². The van der Waals surface area contributed by atoms with Crippen molar-refractivity contribution in [2.75, 3.05) is 52.1 Å². The molecule has 4 aliphatic rings. The molecule has 0 aromatic carbocycles. The van der Waals surface area contributed by atoms with Crippen LogP contribution in [-0.2, 0) is 57.1 Å². The summed E-state index contributed by atoms with van der Waals surface area (Å²) in [7, 11) is 4.67. The van der Waals surface area contributed by atoms with E-state index in [4.69, 9.17) is 33.2 Å². The number of halogens is 1. The molecular weight excluding hydrogens is 1040 g/mol. The SMILES string of the molecule is COCCO[C@@H]1C[C@@H]2CC[C@@H](C)[C@@](O)(O2)C(=O)C(=O)N2CCCCC2C(=O)O[C@H]([C@H](C)C[C@@H]2CC[C@@H](OCCCI)[C@H](OC)C2)CC(=O)[C@H](C)/C=C(\C)[C@@H](O)[C@@H](OC)C(=O)[C@H](C)C[C@H](C)/C=C/C=C/C=C/1C. The van der Waals surface area contributed by atoms with E-state index in [1.807, 2.05) is 58.1 Å². The van der Waals surface area contributed by atoms with E-state index in [-0.39, 0.29) is 73.9 Å². The van der Waals surface area contributed by atoms with Crippen molar-refractivity contribution in [2.45, 2.75) is 186 Å². The summed E-state index contributed by atoms with van der Waals surface area (Å²) >= 11 is 2.34. The van der Waals surface area contributed by atoms with Gasteiger partial charge in [0.1, 0.15) is 30.1 Å². The van der Waals surface area contributed by atoms with Crippen molar-refractivity contribution in [3.63, 3.8) is 0 Å². The van der Waals surface area contributed by atoms with Gasteiger partial charge in [-0.15, -0.1) is 0 Å². The Morgan fingerprint density at radius 3 is 2.29 bits per heavy atom. The molecule has 1 unspecified atom stereocenters. The van der Waals surface area contributed by atoms with Crippen LogP contribution < -0.4 is 0 Å². The van der Waals surface area contributed by atoms with Gasteiger partial charge in [0.15, 0.2) is 5.78 Å². The van der Waals surface area contributed by atoms with E-state index in [1.54, 1.807) is 41.1 Å². The number of aliphatic hydroxyl groups excluding tert-OH is 1. The van der Waals surface area contributed by atoms with Gasteiger partial charge in [-0.1, -0.05) is 93.7 Å². The molecule has 3 heterocycles. The highest BCUT2D eigenvalue weighted by Gasteiger charge is 2.53. The summed E-state index contributed by atoms with van der Waals surface area (Å²) in [5.74, 6) is -7.85. The second-order valence-electron chi connectivity index (χ2n) is 21.1. The number of amides is 1. The van der Waals surface area contributed by atoms with Gasteiger partial charge in [0, 0.05) is 69.5 Å². The monoisotopic (exact) mass is 1130 g/mol. The zero-order valence-electron chi connectivity index (χ0n) is 44.9. The van der Waals surface area contributed by atoms with Crippen LogP contribution in [0.25, 0.3) is 0 Å². The third-order valence-electron chi connectivity index (χ3n) is 15.4. The standard InChI is InChI=1S/C56H88INO14/c1-35-17-12-11-13-18-36(2)47(70-28-27-66-8)33-43-22-20-41(7)56(65,72-43)53(62)54(63)58-25-15-14-19-44(58)55(64)71-48(38(4)31-42-21-23-46(49(32-42)67-9)69-26-16-24-57)34-45(59)37(3)30-40(6)51(61)52(68-10)50(60)39(5)29-35/h11-13,17-18,30,35,37-39,41-44,46-49,51-52,61,65H,14-16,19-29,31-34H2,1-10H3/b13-11+,17-12+,36-18+,40-30+/t35-,37-,38-,39-,41-,42+,43+,44?,46-,47-,48+,49-,51-,52+,56-/m1/s1. The van der Waals surface area contributed by atoms with Gasteiger partial charge < -0.3 is 48.3 Å². The first-order valence-electron chi connectivity index (χ1n) is 26.5. The first kappa shape index (κ1) is 61.9. The number of ether oxygens (including phenoxy) is 7. The molecule has 2 saturated heterocycles. The molecule has 0 aromatic heterocycles. The number of carbonyl (C=O) groups is 5. The molecule has 15 nitrogen and oxygen atoms in total. The maximum Gasteiger partial charge on any atom is 0.329 e. The maximum atomic E-state index is 14.6. The number of methoxy groups -OCH3 is 3. The highest BCUT2D eigenvalue weighted by atomic mass is 127. The molecule has 2 N–H and O–H groups in total. The Balaban J connectivity index is 1.71. The number of hydrogen-bond acceptors (Lipinski definition) is 14. The summed E-state index contributed by atoms with van der Waals surface area (Å²) in [6.45, 7) is 14.2. The Kier molecular flexibility index (Phi) is 26.4. The molecule has 0 aromatic rings. The van der Waals surface area contributed by atoms with Crippen LogP contribution in [0, 0.1) is 35.5 Å². The Labute approximate surface area is 443 Å². The van der Waals surface area contributed by atoms with Gasteiger partial charge in [-0.25, -0.2) is 4.79 Å². The van der Waals surface area contributed by atoms with Gasteiger partial charge in [0.2, 0.25) is 5.79 Å². The Morgan fingerprint density at radius 1 is 0.847 bits per heavy atom. The van der Waals surface area contributed by atoms with Gasteiger partial charge in [0.05, 0.1) is 37.6 Å². The molecule has 16 heteroatoms. The van der Waals surface area contributed by atoms with Gasteiger partial charge in [-0.2, -0.15) is 0 Å². The molecule has 4 rings (SSSR count). The van der Waals surface area contributed by atoms with Crippen molar-refractivity contribution in [1.82, 2.24) is 4.90 Å². The van der Waals surface area contributed by atoms with Crippen LogP contribution in [0.2, 0.25) is 0 Å². The fourth-order valence-electron chi connectivity index (χ4n) is 10.8. The third kappa shape index (κ3) is 17.7. The lowest BCUT2D eigenvalue weighted by atomic mass is 9.78. The second kappa shape index (κ2) is 30.8. The third-order valence-corrected chi connectivity index (χ3v) is 16.1. The molecule has 408 valence electrons. The minimum absolute atomic E-state index is 0.00824. The number of nitrogens with zero attached hydrogens (tertiary/aromatic N) is 1. The lowest BCUT2D eigenvalue weighted by Gasteiger charge is -2.43. The number of hydrogen-bond donors (Lipinski definition) is 2. The van der Waals surface area contributed by atoms with Crippen molar-refractivity contribution < 1.29 is 67.3 Å². The summed E-state index contributed by atoms with van der Waals surface area (Å²) in [6.07, 6.45) is 13.5. The molecule has 3 fully saturated rings. The molecular formula is C56H88INO14. The van der Waals surface area contributed by atoms with Crippen LogP contribution in [0.15, 0.2) is 47.6 Å². The number of rotatable bonds is 13. The van der Waals surface area contributed by atoms with E-state index in [0.29, 0.717) is 57.3 Å². The first-order chi connectivity index (χ1) is 34.3. The van der Waals surface area contributed by atoms with Gasteiger partial charge in [-0.3, -0.25) is 19.2 Å². The molecule has 72 heavy (non-hydrogen) atoms. The van der Waals surface area contributed by atoms with Crippen molar-refractivity contribution in [1.29, 1.82) is 0 Å². The molecule has 1 amide bonds. The average Bonchev–Trinajstić information content (AvgIpc) is 3.36. The fraction of sp³-hybridized carbons (Fsp3) is 0.768. The van der Waals surface area contributed by atoms with Crippen LogP contribution in [0.1, 0.15) is 132 Å². The van der Waals surface area contributed by atoms with E-state index in [1.165, 1.54) is 12.0 Å². The van der Waals surface area contributed by atoms with Gasteiger partial charge in [0.25, 0.3) is 11.7 Å². The van der Waals surface area contributed by atoms with E-state index < -0.39 is 77.8 Å². The molecule has 0 spiro atoms. The Bertz CT molecular complexity index is 1890. The quantitative estimate of drug-likeness (QED) is 0.0449. The number of carbonyl (C=O) groups excluding carboxylic acids is 5. The summed E-state index contributed by atoms with van der Waals surface area (Å²) < 4.78 is 42.9. The smallest absolute Gasteiger partial charge is 0.329 e. The zero-order chi connectivity index (χ0) is 53.1. The van der Waals surface area contributed by atoms with E-state index >= 15 is 0 Å². The lowest BCUT2D eigenvalue weighted by molar-refractivity contribution is -0.266. The number of fused-ring (bicyclic) bond motifs is 3.